The molecule has 4 rings (SSSR count). The molecule has 1 fully saturated rings. The highest BCUT2D eigenvalue weighted by atomic mass is 16.5. The van der Waals surface area contributed by atoms with E-state index in [9.17, 15) is 4.79 Å². The van der Waals surface area contributed by atoms with Gasteiger partial charge in [0.2, 0.25) is 11.9 Å². The maximum absolute atomic E-state index is 11.7. The summed E-state index contributed by atoms with van der Waals surface area (Å²) in [5, 5.41) is 6.07. The Bertz CT molecular complexity index is 1220. The summed E-state index contributed by atoms with van der Waals surface area (Å²) in [7, 11) is 5.40. The van der Waals surface area contributed by atoms with Crippen molar-refractivity contribution < 1.29 is 14.3 Å². The minimum atomic E-state index is -0.258. The highest BCUT2D eigenvalue weighted by Gasteiger charge is 2.17. The number of carbonyl (C=O) groups excluding carboxylic acids is 1. The van der Waals surface area contributed by atoms with Crippen LogP contribution in [0, 0.1) is 0 Å². The van der Waals surface area contributed by atoms with Crippen molar-refractivity contribution in [3.05, 3.63) is 72.6 Å². The van der Waals surface area contributed by atoms with Gasteiger partial charge in [-0.25, -0.2) is 9.97 Å². The Morgan fingerprint density at radius 3 is 2.58 bits per heavy atom. The fraction of sp³-hybridized carbons (Fsp3) is 0.296. The normalized spacial score (nSPS) is 13.7. The molecule has 1 aliphatic heterocycles. The van der Waals surface area contributed by atoms with Crippen LogP contribution in [0.3, 0.4) is 0 Å². The molecule has 0 spiro atoms. The Labute approximate surface area is 211 Å². The number of anilines is 4. The number of rotatable bonds is 9. The van der Waals surface area contributed by atoms with Crippen molar-refractivity contribution in [2.24, 2.45) is 0 Å². The van der Waals surface area contributed by atoms with Crippen LogP contribution >= 0.6 is 0 Å². The molecule has 0 atom stereocenters. The average Bonchev–Trinajstić information content (AvgIpc) is 2.90. The fourth-order valence-electron chi connectivity index (χ4n) is 4.07. The number of amides is 1. The number of aromatic nitrogens is 2. The Hall–Kier alpha value is -4.11. The minimum absolute atomic E-state index is 0.258. The maximum atomic E-state index is 11.7. The number of methoxy groups -OCH3 is 2. The summed E-state index contributed by atoms with van der Waals surface area (Å²) < 4.78 is 11.2. The number of nitrogens with one attached hydrogen (secondary N) is 2. The average molecular weight is 489 g/mol. The summed E-state index contributed by atoms with van der Waals surface area (Å²) in [6.07, 6.45) is 3.39. The Morgan fingerprint density at radius 1 is 1.08 bits per heavy atom. The first kappa shape index (κ1) is 25.0. The van der Waals surface area contributed by atoms with Crippen LogP contribution in [0.5, 0.6) is 11.5 Å². The minimum Gasteiger partial charge on any atom is -0.494 e. The van der Waals surface area contributed by atoms with Gasteiger partial charge in [0.25, 0.3) is 0 Å². The first-order valence-electron chi connectivity index (χ1n) is 11.8. The number of hydrogen-bond acceptors (Lipinski definition) is 8. The molecule has 0 radical (unpaired) electrons. The highest BCUT2D eigenvalue weighted by molar-refractivity contribution is 5.98. The quantitative estimate of drug-likeness (QED) is 0.441. The van der Waals surface area contributed by atoms with Crippen molar-refractivity contribution in [1.82, 2.24) is 14.9 Å². The molecular weight excluding hydrogens is 456 g/mol. The van der Waals surface area contributed by atoms with Gasteiger partial charge in [-0.2, -0.15) is 0 Å². The molecule has 1 aromatic heterocycles. The number of ether oxygens (including phenoxy) is 2. The molecule has 2 aromatic carbocycles. The van der Waals surface area contributed by atoms with Gasteiger partial charge >= 0.3 is 0 Å². The molecule has 1 amide bonds. The first-order valence-corrected chi connectivity index (χ1v) is 11.8. The third-order valence-corrected chi connectivity index (χ3v) is 6.10. The summed E-state index contributed by atoms with van der Waals surface area (Å²) in [4.78, 5) is 25.5. The van der Waals surface area contributed by atoms with E-state index in [0.29, 0.717) is 23.8 Å². The molecule has 0 unspecified atom stereocenters. The van der Waals surface area contributed by atoms with Crippen LogP contribution < -0.4 is 25.0 Å². The number of hydrogen-bond donors (Lipinski definition) is 2. The molecule has 9 heteroatoms. The van der Waals surface area contributed by atoms with Crippen LogP contribution in [0.25, 0.3) is 0 Å². The Morgan fingerprint density at radius 2 is 1.86 bits per heavy atom. The Kier molecular flexibility index (Phi) is 8.02. The topological polar surface area (TPSA) is 91.9 Å². The standard InChI is InChI=1S/C27H32N6O3/c1-5-26(34)29-20-8-6-7-19(15-20)16-23-25(36-4)18-28-27(31-23)30-22-10-9-21(17-24(22)35-3)33-13-11-32(2)12-14-33/h5-10,15,17-18H,1,11-14,16H2,2-4H3,(H,29,34)(H,28,30,31). The zero-order valence-electron chi connectivity index (χ0n) is 21.0. The zero-order valence-corrected chi connectivity index (χ0v) is 21.0. The summed E-state index contributed by atoms with van der Waals surface area (Å²) in [6, 6.07) is 13.7. The number of carbonyl (C=O) groups is 1. The molecule has 1 saturated heterocycles. The van der Waals surface area contributed by atoms with E-state index < -0.39 is 0 Å². The fourth-order valence-corrected chi connectivity index (χ4v) is 4.07. The van der Waals surface area contributed by atoms with Crippen molar-refractivity contribution in [3.8, 4) is 11.5 Å². The summed E-state index contributed by atoms with van der Waals surface area (Å²) >= 11 is 0. The van der Waals surface area contributed by atoms with E-state index in [2.05, 4.69) is 45.1 Å². The van der Waals surface area contributed by atoms with Gasteiger partial charge in [-0.15, -0.1) is 0 Å². The molecule has 1 aliphatic rings. The molecule has 36 heavy (non-hydrogen) atoms. The van der Waals surface area contributed by atoms with Gasteiger partial charge in [-0.1, -0.05) is 18.7 Å². The zero-order chi connectivity index (χ0) is 25.5. The molecular formula is C27H32N6O3. The number of piperazine rings is 1. The van der Waals surface area contributed by atoms with Crippen LogP contribution in [0.1, 0.15) is 11.3 Å². The summed E-state index contributed by atoms with van der Waals surface area (Å²) in [5.41, 5.74) is 4.28. The number of nitrogens with zero attached hydrogens (tertiary/aromatic N) is 4. The monoisotopic (exact) mass is 488 g/mol. The molecule has 188 valence electrons. The van der Waals surface area contributed by atoms with Crippen LogP contribution in [0.2, 0.25) is 0 Å². The molecule has 0 aliphatic carbocycles. The molecule has 0 saturated carbocycles. The summed E-state index contributed by atoms with van der Waals surface area (Å²) in [6.45, 7) is 7.53. The smallest absolute Gasteiger partial charge is 0.247 e. The van der Waals surface area contributed by atoms with Gasteiger partial charge in [-0.3, -0.25) is 4.79 Å². The van der Waals surface area contributed by atoms with E-state index in [1.807, 2.05) is 36.4 Å². The van der Waals surface area contributed by atoms with Crippen molar-refractivity contribution in [1.29, 1.82) is 0 Å². The summed E-state index contributed by atoms with van der Waals surface area (Å²) in [5.74, 6) is 1.48. The number of benzene rings is 2. The SMILES string of the molecule is C=CC(=O)Nc1cccc(Cc2nc(Nc3ccc(N4CCN(C)CC4)cc3OC)ncc2OC)c1. The van der Waals surface area contributed by atoms with E-state index >= 15 is 0 Å². The lowest BCUT2D eigenvalue weighted by molar-refractivity contribution is -0.111. The lowest BCUT2D eigenvalue weighted by Crippen LogP contribution is -2.44. The molecule has 0 bridgehead atoms. The predicted molar refractivity (Wildman–Crippen MR) is 143 cm³/mol. The third-order valence-electron chi connectivity index (χ3n) is 6.10. The van der Waals surface area contributed by atoms with Gasteiger partial charge in [0.15, 0.2) is 5.75 Å². The van der Waals surface area contributed by atoms with E-state index in [1.54, 1.807) is 20.4 Å². The lowest BCUT2D eigenvalue weighted by Gasteiger charge is -2.34. The number of likely N-dealkylation sites (N-methyl/N-ethyl adjacent to an activating group) is 1. The van der Waals surface area contributed by atoms with Crippen LogP contribution in [-0.2, 0) is 11.2 Å². The maximum Gasteiger partial charge on any atom is 0.247 e. The Balaban J connectivity index is 1.53. The molecule has 9 nitrogen and oxygen atoms in total. The van der Waals surface area contributed by atoms with Crippen molar-refractivity contribution >= 4 is 28.9 Å². The predicted octanol–water partition coefficient (Wildman–Crippen LogP) is 3.70. The van der Waals surface area contributed by atoms with Crippen molar-refractivity contribution in [3.63, 3.8) is 0 Å². The van der Waals surface area contributed by atoms with Crippen molar-refractivity contribution in [2.45, 2.75) is 6.42 Å². The van der Waals surface area contributed by atoms with E-state index in [4.69, 9.17) is 14.5 Å². The second-order valence-electron chi connectivity index (χ2n) is 8.58. The largest absolute Gasteiger partial charge is 0.494 e. The molecule has 2 N–H and O–H groups in total. The highest BCUT2D eigenvalue weighted by Crippen LogP contribution is 2.32. The van der Waals surface area contributed by atoms with Crippen LogP contribution in [0.15, 0.2) is 61.3 Å². The van der Waals surface area contributed by atoms with E-state index in [-0.39, 0.29) is 5.91 Å². The van der Waals surface area contributed by atoms with Crippen molar-refractivity contribution in [2.75, 3.05) is 63.0 Å². The van der Waals surface area contributed by atoms with Crippen LogP contribution in [-0.4, -0.2) is 68.2 Å². The van der Waals surface area contributed by atoms with Gasteiger partial charge in [0, 0.05) is 50.0 Å². The van der Waals surface area contributed by atoms with E-state index in [0.717, 1.165) is 54.6 Å². The molecule has 2 heterocycles. The van der Waals surface area contributed by atoms with E-state index in [1.165, 1.54) is 6.08 Å². The second-order valence-corrected chi connectivity index (χ2v) is 8.58. The van der Waals surface area contributed by atoms with Gasteiger partial charge < -0.3 is 29.9 Å². The first-order chi connectivity index (χ1) is 17.5. The van der Waals surface area contributed by atoms with Gasteiger partial charge in [0.1, 0.15) is 5.75 Å². The van der Waals surface area contributed by atoms with Crippen LogP contribution in [0.4, 0.5) is 23.0 Å². The third kappa shape index (κ3) is 6.11. The lowest BCUT2D eigenvalue weighted by atomic mass is 10.1. The van der Waals surface area contributed by atoms with Gasteiger partial charge in [0.05, 0.1) is 31.8 Å². The second kappa shape index (κ2) is 11.5. The molecule has 3 aromatic rings. The van der Waals surface area contributed by atoms with Gasteiger partial charge in [-0.05, 0) is 43.0 Å².